The average Bonchev–Trinajstić information content (AvgIpc) is 3.53. The number of nitrogens with two attached hydrogens (primary N) is 1. The van der Waals surface area contributed by atoms with Gasteiger partial charge in [-0.3, -0.25) is 0 Å². The maximum Gasteiger partial charge on any atom is 0.355 e. The maximum absolute atomic E-state index is 15.3. The number of thiazole rings is 1. The van der Waals surface area contributed by atoms with E-state index in [1.54, 1.807) is 16.8 Å². The van der Waals surface area contributed by atoms with E-state index in [1.165, 1.54) is 28.3 Å². The highest BCUT2D eigenvalue weighted by molar-refractivity contribution is 14.1. The Morgan fingerprint density at radius 1 is 1.15 bits per heavy atom. The first-order chi connectivity index (χ1) is 19.7. The summed E-state index contributed by atoms with van der Waals surface area (Å²) in [7, 11) is -1.79. The molecule has 11 heteroatoms. The van der Waals surface area contributed by atoms with E-state index in [2.05, 4.69) is 64.8 Å². The quantitative estimate of drug-likeness (QED) is 0.172. The Morgan fingerprint density at radius 3 is 2.51 bits per heavy atom. The number of hydrogen-bond donors (Lipinski definition) is 2. The minimum Gasteiger partial charge on any atom is -0.476 e. The fourth-order valence-electron chi connectivity index (χ4n) is 4.87. The molecule has 2 aromatic heterocycles. The predicted molar refractivity (Wildman–Crippen MR) is 166 cm³/mol. The van der Waals surface area contributed by atoms with Gasteiger partial charge in [-0.2, -0.15) is 5.10 Å². The van der Waals surface area contributed by atoms with Crippen LogP contribution in [0.25, 0.3) is 27.5 Å². The molecular weight excluding hydrogens is 674 g/mol. The summed E-state index contributed by atoms with van der Waals surface area (Å²) in [4.78, 5) is 16.1. The highest BCUT2D eigenvalue weighted by Gasteiger charge is 2.34. The molecule has 0 saturated heterocycles. The summed E-state index contributed by atoms with van der Waals surface area (Å²) < 4.78 is 29.8. The Kier molecular flexibility index (Phi) is 7.62. The van der Waals surface area contributed by atoms with E-state index in [4.69, 9.17) is 10.2 Å². The van der Waals surface area contributed by atoms with Gasteiger partial charge in [-0.15, -0.1) is 11.3 Å². The number of hydrogen-bond acceptors (Lipinski definition) is 5. The molecule has 41 heavy (non-hydrogen) atoms. The lowest BCUT2D eigenvalue weighted by Gasteiger charge is -2.11. The van der Waals surface area contributed by atoms with Gasteiger partial charge < -0.3 is 5.11 Å². The predicted octanol–water partition coefficient (Wildman–Crippen LogP) is 6.86. The SMILES string of the molecule is Cc1ccc(-c2cc(-c3nn(-c4nc(C(=O)O)cs4)c(C4CC4)c3Cc3ccc(S(N)=O)cc3F)ccc2I)cc1. The van der Waals surface area contributed by atoms with Gasteiger partial charge in [0.2, 0.25) is 5.13 Å². The number of aromatic nitrogens is 3. The molecule has 0 aliphatic heterocycles. The second-order valence-corrected chi connectivity index (χ2v) is 13.1. The van der Waals surface area contributed by atoms with Crippen LogP contribution in [0.15, 0.2) is 70.9 Å². The Balaban J connectivity index is 1.54. The number of aryl methyl sites for hydroxylation is 1. The van der Waals surface area contributed by atoms with Crippen molar-refractivity contribution >= 4 is 50.9 Å². The summed E-state index contributed by atoms with van der Waals surface area (Å²) in [6, 6.07) is 18.9. The Labute approximate surface area is 256 Å². The van der Waals surface area contributed by atoms with Crippen LogP contribution in [0.2, 0.25) is 0 Å². The van der Waals surface area contributed by atoms with Gasteiger partial charge in [0.15, 0.2) is 5.69 Å². The standard InChI is InChI=1S/C30H24FIN4O3S2/c1-16-2-4-17(5-3-16)22-13-20(9-11-25(22)32)27-23(12-19-8-10-21(41(33)39)14-24(19)31)28(18-6-7-18)36(35-27)30-34-26(15-40-30)29(37)38/h2-5,8-11,13-15,18H,6-7,12,33H2,1H3,(H,37,38). The topological polar surface area (TPSA) is 111 Å². The number of carbonyl (C=O) groups is 1. The minimum atomic E-state index is -1.79. The second kappa shape index (κ2) is 11.2. The van der Waals surface area contributed by atoms with Crippen LogP contribution in [0, 0.1) is 16.3 Å². The molecule has 1 saturated carbocycles. The maximum atomic E-state index is 15.3. The molecule has 2 heterocycles. The summed E-state index contributed by atoms with van der Waals surface area (Å²) in [5.41, 5.74) is 7.01. The van der Waals surface area contributed by atoms with Crippen molar-refractivity contribution in [2.75, 3.05) is 0 Å². The first-order valence-electron chi connectivity index (χ1n) is 12.8. The normalized spacial score (nSPS) is 13.9. The minimum absolute atomic E-state index is 0.0438. The Hall–Kier alpha value is -3.26. The van der Waals surface area contributed by atoms with Crippen LogP contribution in [-0.4, -0.2) is 30.0 Å². The van der Waals surface area contributed by atoms with Crippen molar-refractivity contribution in [2.24, 2.45) is 5.14 Å². The van der Waals surface area contributed by atoms with Crippen LogP contribution in [0.1, 0.15) is 51.6 Å². The van der Waals surface area contributed by atoms with Crippen molar-refractivity contribution in [1.82, 2.24) is 14.8 Å². The summed E-state index contributed by atoms with van der Waals surface area (Å²) in [6.45, 7) is 2.05. The molecule has 0 amide bonds. The molecule has 7 nitrogen and oxygen atoms in total. The monoisotopic (exact) mass is 698 g/mol. The number of nitrogens with zero attached hydrogens (tertiary/aromatic N) is 3. The number of carboxylic acid groups (broad SMARTS) is 1. The van der Waals surface area contributed by atoms with Gasteiger partial charge in [0.1, 0.15) is 16.8 Å². The largest absolute Gasteiger partial charge is 0.476 e. The molecule has 3 N–H and O–H groups in total. The number of carboxylic acids is 1. The van der Waals surface area contributed by atoms with Gasteiger partial charge in [-0.1, -0.05) is 42.0 Å². The molecule has 5 aromatic rings. The zero-order chi connectivity index (χ0) is 28.8. The van der Waals surface area contributed by atoms with Crippen LogP contribution in [0.4, 0.5) is 4.39 Å². The average molecular weight is 699 g/mol. The molecule has 1 aliphatic rings. The molecule has 0 radical (unpaired) electrons. The summed E-state index contributed by atoms with van der Waals surface area (Å²) >= 11 is 3.54. The van der Waals surface area contributed by atoms with Crippen molar-refractivity contribution < 1.29 is 18.5 Å². The van der Waals surface area contributed by atoms with Crippen LogP contribution < -0.4 is 5.14 Å². The summed E-state index contributed by atoms with van der Waals surface area (Å²) in [5, 5.41) is 21.9. The molecule has 1 unspecified atom stereocenters. The molecule has 6 rings (SSSR count). The molecule has 1 aliphatic carbocycles. The van der Waals surface area contributed by atoms with E-state index < -0.39 is 22.8 Å². The zero-order valence-corrected chi connectivity index (χ0v) is 25.6. The van der Waals surface area contributed by atoms with E-state index in [0.29, 0.717) is 16.4 Å². The molecule has 208 valence electrons. The lowest BCUT2D eigenvalue weighted by Crippen LogP contribution is -2.06. The van der Waals surface area contributed by atoms with Crippen LogP contribution in [0.5, 0.6) is 0 Å². The fraction of sp³-hybridized carbons (Fsp3) is 0.167. The van der Waals surface area contributed by atoms with Gasteiger partial charge in [0.25, 0.3) is 0 Å². The third-order valence-electron chi connectivity index (χ3n) is 7.11. The number of aromatic carboxylic acids is 1. The smallest absolute Gasteiger partial charge is 0.355 e. The molecule has 3 aromatic carbocycles. The third-order valence-corrected chi connectivity index (χ3v) is 9.58. The summed E-state index contributed by atoms with van der Waals surface area (Å²) in [6.07, 6.45) is 2.14. The Bertz CT molecular complexity index is 1830. The van der Waals surface area contributed by atoms with E-state index >= 15 is 4.39 Å². The first kappa shape index (κ1) is 27.9. The van der Waals surface area contributed by atoms with Crippen molar-refractivity contribution in [3.05, 3.63) is 104 Å². The molecular formula is C30H24FIN4O3S2. The van der Waals surface area contributed by atoms with Gasteiger partial charge >= 0.3 is 5.97 Å². The van der Waals surface area contributed by atoms with Crippen molar-refractivity contribution in [3.8, 4) is 27.5 Å². The van der Waals surface area contributed by atoms with Crippen molar-refractivity contribution in [1.29, 1.82) is 0 Å². The van der Waals surface area contributed by atoms with Crippen LogP contribution in [-0.2, 0) is 17.4 Å². The summed E-state index contributed by atoms with van der Waals surface area (Å²) in [5.74, 6) is -1.40. The lowest BCUT2D eigenvalue weighted by molar-refractivity contribution is 0.0691. The van der Waals surface area contributed by atoms with Crippen LogP contribution in [0.3, 0.4) is 0 Å². The fourth-order valence-corrected chi connectivity index (χ4v) is 6.69. The van der Waals surface area contributed by atoms with E-state index in [-0.39, 0.29) is 22.9 Å². The first-order valence-corrected chi connectivity index (χ1v) is 16.0. The van der Waals surface area contributed by atoms with E-state index in [1.807, 2.05) is 12.1 Å². The Morgan fingerprint density at radius 2 is 1.88 bits per heavy atom. The number of rotatable bonds is 8. The molecule has 1 atom stereocenters. The lowest BCUT2D eigenvalue weighted by atomic mass is 9.95. The third kappa shape index (κ3) is 5.63. The molecule has 1 fully saturated rings. The highest BCUT2D eigenvalue weighted by atomic mass is 127. The van der Waals surface area contributed by atoms with Gasteiger partial charge in [-0.05, 0) is 83.3 Å². The number of benzene rings is 3. The van der Waals surface area contributed by atoms with Crippen molar-refractivity contribution in [3.63, 3.8) is 0 Å². The van der Waals surface area contributed by atoms with E-state index in [9.17, 15) is 14.1 Å². The van der Waals surface area contributed by atoms with Gasteiger partial charge in [0.05, 0.1) is 16.3 Å². The second-order valence-electron chi connectivity index (χ2n) is 10.0. The van der Waals surface area contributed by atoms with E-state index in [0.717, 1.165) is 44.4 Å². The number of halogens is 2. The van der Waals surface area contributed by atoms with Gasteiger partial charge in [0, 0.05) is 32.4 Å². The molecule has 0 bridgehead atoms. The van der Waals surface area contributed by atoms with Crippen molar-refractivity contribution in [2.45, 2.75) is 37.0 Å². The molecule has 0 spiro atoms. The zero-order valence-electron chi connectivity index (χ0n) is 21.8. The van der Waals surface area contributed by atoms with Crippen LogP contribution >= 0.6 is 33.9 Å². The van der Waals surface area contributed by atoms with Gasteiger partial charge in [-0.25, -0.2) is 28.2 Å². The highest BCUT2D eigenvalue weighted by Crippen LogP contribution is 2.46.